The minimum atomic E-state index is -0.218. The fourth-order valence-corrected chi connectivity index (χ4v) is 3.53. The van der Waals surface area contributed by atoms with Gasteiger partial charge in [-0.2, -0.15) is 0 Å². The molecule has 1 aromatic heterocycles. The zero-order valence-corrected chi connectivity index (χ0v) is 13.3. The van der Waals surface area contributed by atoms with E-state index in [9.17, 15) is 4.39 Å². The Kier molecular flexibility index (Phi) is 4.76. The number of benzene rings is 1. The molecule has 0 saturated carbocycles. The van der Waals surface area contributed by atoms with Crippen molar-refractivity contribution >= 4 is 21.6 Å². The Morgan fingerprint density at radius 1 is 1.30 bits per heavy atom. The Morgan fingerprint density at radius 3 is 2.70 bits per heavy atom. The van der Waals surface area contributed by atoms with E-state index in [4.69, 9.17) is 5.73 Å². The van der Waals surface area contributed by atoms with Gasteiger partial charge in [0.1, 0.15) is 5.82 Å². The summed E-state index contributed by atoms with van der Waals surface area (Å²) in [5.41, 5.74) is 6.76. The highest BCUT2D eigenvalue weighted by molar-refractivity contribution is 7.18. The molecule has 1 aromatic carbocycles. The zero-order valence-electron chi connectivity index (χ0n) is 12.4. The molecule has 0 radical (unpaired) electrons. The van der Waals surface area contributed by atoms with Crippen LogP contribution in [0.3, 0.4) is 0 Å². The van der Waals surface area contributed by atoms with Crippen molar-refractivity contribution in [2.45, 2.75) is 40.0 Å². The Bertz CT molecular complexity index is 571. The van der Waals surface area contributed by atoms with E-state index in [1.807, 2.05) is 6.07 Å². The van der Waals surface area contributed by atoms with Crippen LogP contribution >= 0.6 is 11.3 Å². The van der Waals surface area contributed by atoms with Crippen LogP contribution in [-0.2, 0) is 6.42 Å². The third kappa shape index (κ3) is 3.76. The maximum absolute atomic E-state index is 13.2. The summed E-state index contributed by atoms with van der Waals surface area (Å²) in [6, 6.07) is 4.82. The number of nitrogens with zero attached hydrogens (tertiary/aromatic N) is 1. The van der Waals surface area contributed by atoms with E-state index >= 15 is 0 Å². The monoisotopic (exact) mass is 294 g/mol. The van der Waals surface area contributed by atoms with Crippen molar-refractivity contribution in [3.05, 3.63) is 29.0 Å². The Balaban J connectivity index is 2.07. The number of thiazole rings is 1. The lowest BCUT2D eigenvalue weighted by molar-refractivity contribution is 0.215. The highest BCUT2D eigenvalue weighted by atomic mass is 32.1. The topological polar surface area (TPSA) is 38.9 Å². The molecule has 2 N–H and O–H groups in total. The van der Waals surface area contributed by atoms with Gasteiger partial charge in [-0.25, -0.2) is 9.37 Å². The summed E-state index contributed by atoms with van der Waals surface area (Å²) < 4.78 is 14.2. The molecule has 2 rings (SSSR count). The average Bonchev–Trinajstić information content (AvgIpc) is 2.74. The second kappa shape index (κ2) is 6.19. The van der Waals surface area contributed by atoms with Crippen LogP contribution in [0.4, 0.5) is 4.39 Å². The molecule has 0 saturated heterocycles. The van der Waals surface area contributed by atoms with Gasteiger partial charge in [0.2, 0.25) is 0 Å². The summed E-state index contributed by atoms with van der Waals surface area (Å²) in [6.45, 7) is 7.52. The Hall–Kier alpha value is -1.00. The second-order valence-electron chi connectivity index (χ2n) is 6.40. The molecule has 1 unspecified atom stereocenters. The first-order valence-corrected chi connectivity index (χ1v) is 7.97. The summed E-state index contributed by atoms with van der Waals surface area (Å²) in [5.74, 6) is 0.376. The van der Waals surface area contributed by atoms with E-state index in [-0.39, 0.29) is 11.2 Å². The molecule has 0 aliphatic rings. The van der Waals surface area contributed by atoms with Crippen LogP contribution in [0, 0.1) is 17.2 Å². The van der Waals surface area contributed by atoms with Crippen LogP contribution in [0.2, 0.25) is 0 Å². The number of rotatable bonds is 5. The maximum Gasteiger partial charge on any atom is 0.125 e. The lowest BCUT2D eigenvalue weighted by Gasteiger charge is -2.30. The largest absolute Gasteiger partial charge is 0.330 e. The van der Waals surface area contributed by atoms with Crippen LogP contribution in [0.25, 0.3) is 10.2 Å². The molecule has 2 nitrogen and oxygen atoms in total. The molecule has 0 amide bonds. The average molecular weight is 294 g/mol. The SMILES string of the molecule is CC(C)(C)C(CCN)CCc1nc2cc(F)ccc2s1. The van der Waals surface area contributed by atoms with Crippen molar-refractivity contribution in [3.8, 4) is 0 Å². The maximum atomic E-state index is 13.2. The molecule has 4 heteroatoms. The molecular weight excluding hydrogens is 271 g/mol. The van der Waals surface area contributed by atoms with Gasteiger partial charge in [0.05, 0.1) is 15.2 Å². The van der Waals surface area contributed by atoms with Crippen LogP contribution < -0.4 is 5.73 Å². The van der Waals surface area contributed by atoms with Crippen molar-refractivity contribution in [2.75, 3.05) is 6.54 Å². The summed E-state index contributed by atoms with van der Waals surface area (Å²) >= 11 is 1.67. The zero-order chi connectivity index (χ0) is 14.8. The van der Waals surface area contributed by atoms with Crippen molar-refractivity contribution in [2.24, 2.45) is 17.1 Å². The molecule has 1 atom stereocenters. The Morgan fingerprint density at radius 2 is 2.05 bits per heavy atom. The quantitative estimate of drug-likeness (QED) is 0.889. The van der Waals surface area contributed by atoms with Crippen LogP contribution in [0.1, 0.15) is 38.6 Å². The number of aromatic nitrogens is 1. The minimum Gasteiger partial charge on any atom is -0.330 e. The number of halogens is 1. The smallest absolute Gasteiger partial charge is 0.125 e. The number of hydrogen-bond donors (Lipinski definition) is 1. The van der Waals surface area contributed by atoms with E-state index in [1.165, 1.54) is 12.1 Å². The number of fused-ring (bicyclic) bond motifs is 1. The number of hydrogen-bond acceptors (Lipinski definition) is 3. The van der Waals surface area contributed by atoms with Crippen molar-refractivity contribution in [1.29, 1.82) is 0 Å². The fraction of sp³-hybridized carbons (Fsp3) is 0.562. The normalized spacial score (nSPS) is 13.8. The van der Waals surface area contributed by atoms with E-state index < -0.39 is 0 Å². The predicted octanol–water partition coefficient (Wildman–Crippen LogP) is 4.38. The van der Waals surface area contributed by atoms with Gasteiger partial charge in [0.15, 0.2) is 0 Å². The first-order valence-electron chi connectivity index (χ1n) is 7.15. The Labute approximate surface area is 124 Å². The second-order valence-corrected chi connectivity index (χ2v) is 7.51. The molecule has 0 aliphatic carbocycles. The summed E-state index contributed by atoms with van der Waals surface area (Å²) in [5, 5.41) is 1.09. The van der Waals surface area contributed by atoms with Gasteiger partial charge in [-0.05, 0) is 49.3 Å². The van der Waals surface area contributed by atoms with E-state index in [1.54, 1.807) is 11.3 Å². The number of aryl methyl sites for hydroxylation is 1. The van der Waals surface area contributed by atoms with Gasteiger partial charge >= 0.3 is 0 Å². The van der Waals surface area contributed by atoms with Crippen LogP contribution in [0.5, 0.6) is 0 Å². The first-order chi connectivity index (χ1) is 9.40. The fourth-order valence-electron chi connectivity index (χ4n) is 2.56. The molecule has 2 aromatic rings. The number of nitrogens with two attached hydrogens (primary N) is 1. The third-order valence-corrected chi connectivity index (χ3v) is 4.94. The van der Waals surface area contributed by atoms with E-state index in [0.29, 0.717) is 5.92 Å². The van der Waals surface area contributed by atoms with Gasteiger partial charge in [-0.3, -0.25) is 0 Å². The lowest BCUT2D eigenvalue weighted by atomic mass is 9.76. The van der Waals surface area contributed by atoms with Crippen LogP contribution in [-0.4, -0.2) is 11.5 Å². The van der Waals surface area contributed by atoms with Gasteiger partial charge in [0.25, 0.3) is 0 Å². The van der Waals surface area contributed by atoms with Crippen LogP contribution in [0.15, 0.2) is 18.2 Å². The predicted molar refractivity (Wildman–Crippen MR) is 84.5 cm³/mol. The molecule has 0 spiro atoms. The van der Waals surface area contributed by atoms with Gasteiger partial charge in [-0.1, -0.05) is 20.8 Å². The highest BCUT2D eigenvalue weighted by Crippen LogP contribution is 2.33. The summed E-state index contributed by atoms with van der Waals surface area (Å²) in [6.07, 6.45) is 3.08. The highest BCUT2D eigenvalue weighted by Gasteiger charge is 2.23. The molecule has 1 heterocycles. The minimum absolute atomic E-state index is 0.218. The summed E-state index contributed by atoms with van der Waals surface area (Å²) in [7, 11) is 0. The molecule has 0 fully saturated rings. The third-order valence-electron chi connectivity index (χ3n) is 3.84. The molecule has 110 valence electrons. The molecule has 0 bridgehead atoms. The summed E-state index contributed by atoms with van der Waals surface area (Å²) in [4.78, 5) is 4.53. The van der Waals surface area contributed by atoms with Crippen molar-refractivity contribution < 1.29 is 4.39 Å². The molecule has 0 aliphatic heterocycles. The van der Waals surface area contributed by atoms with E-state index in [2.05, 4.69) is 25.8 Å². The lowest BCUT2D eigenvalue weighted by Crippen LogP contribution is -2.24. The van der Waals surface area contributed by atoms with Gasteiger partial charge in [0, 0.05) is 6.07 Å². The molecular formula is C16H23FN2S. The van der Waals surface area contributed by atoms with Crippen molar-refractivity contribution in [3.63, 3.8) is 0 Å². The standard InChI is InChI=1S/C16H23FN2S/c1-16(2,3)11(8-9-18)4-7-15-19-13-10-12(17)5-6-14(13)20-15/h5-6,10-11H,4,7-9,18H2,1-3H3. The van der Waals surface area contributed by atoms with Crippen molar-refractivity contribution in [1.82, 2.24) is 4.98 Å². The van der Waals surface area contributed by atoms with E-state index in [0.717, 1.165) is 41.0 Å². The molecule has 20 heavy (non-hydrogen) atoms. The van der Waals surface area contributed by atoms with Gasteiger partial charge in [-0.15, -0.1) is 11.3 Å². The van der Waals surface area contributed by atoms with Gasteiger partial charge < -0.3 is 5.73 Å². The first kappa shape index (κ1) is 15.4.